The monoisotopic (exact) mass is 342 g/mol. The largest absolute Gasteiger partial charge is 0.456 e. The van der Waals surface area contributed by atoms with Crippen molar-refractivity contribution in [3.05, 3.63) is 35.8 Å². The van der Waals surface area contributed by atoms with Crippen LogP contribution in [0.2, 0.25) is 0 Å². The summed E-state index contributed by atoms with van der Waals surface area (Å²) in [5.41, 5.74) is -1.03. The lowest BCUT2D eigenvalue weighted by molar-refractivity contribution is -0.153. The first-order chi connectivity index (χ1) is 11.2. The molecule has 1 spiro atoms. The molecule has 1 aliphatic heterocycles. The summed E-state index contributed by atoms with van der Waals surface area (Å²) in [7, 11) is 0. The number of halogens is 3. The summed E-state index contributed by atoms with van der Waals surface area (Å²) >= 11 is 0. The predicted molar refractivity (Wildman–Crippen MR) is 78.2 cm³/mol. The predicted octanol–water partition coefficient (Wildman–Crippen LogP) is 2.61. The Hall–Kier alpha value is -2.25. The van der Waals surface area contributed by atoms with Gasteiger partial charge in [-0.25, -0.2) is 0 Å². The number of furan rings is 1. The highest BCUT2D eigenvalue weighted by molar-refractivity contribution is 5.96. The summed E-state index contributed by atoms with van der Waals surface area (Å²) in [5, 5.41) is 0. The first-order valence-corrected chi connectivity index (χ1v) is 7.59. The van der Waals surface area contributed by atoms with Gasteiger partial charge in [-0.3, -0.25) is 9.59 Å². The molecule has 2 fully saturated rings. The van der Waals surface area contributed by atoms with Crippen molar-refractivity contribution in [3.63, 3.8) is 0 Å². The molecule has 2 heterocycles. The van der Waals surface area contributed by atoms with Gasteiger partial charge >= 0.3 is 6.18 Å². The number of rotatable bonds is 2. The van der Waals surface area contributed by atoms with Crippen LogP contribution < -0.4 is 0 Å². The third-order valence-corrected chi connectivity index (χ3v) is 4.55. The minimum atomic E-state index is -4.73. The maximum atomic E-state index is 13.1. The van der Waals surface area contributed by atoms with Crippen molar-refractivity contribution in [2.45, 2.75) is 31.5 Å². The minimum Gasteiger partial charge on any atom is -0.456 e. The van der Waals surface area contributed by atoms with Crippen LogP contribution >= 0.6 is 0 Å². The number of hydrogen-bond donors (Lipinski definition) is 0. The molecular weight excluding hydrogens is 325 g/mol. The average molecular weight is 342 g/mol. The molecule has 0 atom stereocenters. The molecule has 5 nitrogen and oxygen atoms in total. The fourth-order valence-electron chi connectivity index (χ4n) is 3.21. The van der Waals surface area contributed by atoms with Crippen molar-refractivity contribution >= 4 is 11.8 Å². The first-order valence-electron chi connectivity index (χ1n) is 7.59. The molecular formula is C16H17F3N2O3. The Bertz CT molecular complexity index is 704. The molecule has 2 amide bonds. The van der Waals surface area contributed by atoms with E-state index in [0.29, 0.717) is 19.4 Å². The zero-order valence-electron chi connectivity index (χ0n) is 13.2. The molecule has 1 aliphatic carbocycles. The van der Waals surface area contributed by atoms with E-state index in [1.165, 1.54) is 17.9 Å². The summed E-state index contributed by atoms with van der Waals surface area (Å²) in [4.78, 5) is 27.5. The lowest BCUT2D eigenvalue weighted by Crippen LogP contribution is -2.58. The van der Waals surface area contributed by atoms with Gasteiger partial charge in [-0.2, -0.15) is 13.2 Å². The highest BCUT2D eigenvalue weighted by Gasteiger charge is 2.55. The summed E-state index contributed by atoms with van der Waals surface area (Å²) in [6.07, 6.45) is -2.19. The number of aryl methyl sites for hydroxylation is 1. The van der Waals surface area contributed by atoms with E-state index in [9.17, 15) is 22.8 Å². The Kier molecular flexibility index (Phi) is 3.73. The van der Waals surface area contributed by atoms with Gasteiger partial charge in [0.05, 0.1) is 11.1 Å². The quantitative estimate of drug-likeness (QED) is 0.777. The molecule has 0 radical (unpaired) electrons. The van der Waals surface area contributed by atoms with Gasteiger partial charge in [0.15, 0.2) is 0 Å². The van der Waals surface area contributed by atoms with E-state index in [1.54, 1.807) is 4.90 Å². The van der Waals surface area contributed by atoms with Crippen LogP contribution in [0.5, 0.6) is 0 Å². The van der Waals surface area contributed by atoms with E-state index in [2.05, 4.69) is 6.58 Å². The molecule has 0 aromatic carbocycles. The van der Waals surface area contributed by atoms with Crippen molar-refractivity contribution < 1.29 is 27.2 Å². The lowest BCUT2D eigenvalue weighted by Gasteiger charge is -2.41. The molecule has 2 aliphatic rings. The molecule has 130 valence electrons. The van der Waals surface area contributed by atoms with Crippen molar-refractivity contribution in [1.29, 1.82) is 0 Å². The molecule has 0 N–H and O–H groups in total. The molecule has 0 unspecified atom stereocenters. The number of carbonyl (C=O) groups excluding carboxylic acids is 2. The molecule has 24 heavy (non-hydrogen) atoms. The highest BCUT2D eigenvalue weighted by Crippen LogP contribution is 2.46. The molecule has 8 heteroatoms. The Labute approximate surface area is 136 Å². The van der Waals surface area contributed by atoms with Crippen LogP contribution in [0.15, 0.2) is 23.1 Å². The second-order valence-corrected chi connectivity index (χ2v) is 6.24. The van der Waals surface area contributed by atoms with Crippen LogP contribution in [0.3, 0.4) is 0 Å². The minimum absolute atomic E-state index is 0.0380. The molecule has 1 saturated heterocycles. The van der Waals surface area contributed by atoms with Gasteiger partial charge in [0, 0.05) is 19.6 Å². The molecule has 1 saturated carbocycles. The van der Waals surface area contributed by atoms with E-state index in [0.717, 1.165) is 6.07 Å². The van der Waals surface area contributed by atoms with Gasteiger partial charge in [-0.15, -0.1) is 0 Å². The Balaban J connectivity index is 1.87. The third-order valence-electron chi connectivity index (χ3n) is 4.55. The number of hydrogen-bond acceptors (Lipinski definition) is 3. The summed E-state index contributed by atoms with van der Waals surface area (Å²) in [6, 6.07) is 1.13. The standard InChI is InChI=1S/C16H17F3N2O3/c1-3-12(22)20-6-7-21(15(9-20)4-5-15)14(23)11-8-10(2)24-13(11)16(17,18)19/h3,8H,1,4-7,9H2,2H3. The van der Waals surface area contributed by atoms with E-state index in [1.807, 2.05) is 0 Å². The third kappa shape index (κ3) is 2.70. The fourth-order valence-corrected chi connectivity index (χ4v) is 3.21. The van der Waals surface area contributed by atoms with Crippen molar-refractivity contribution in [1.82, 2.24) is 9.80 Å². The topological polar surface area (TPSA) is 53.8 Å². The van der Waals surface area contributed by atoms with Crippen LogP contribution in [0.25, 0.3) is 0 Å². The van der Waals surface area contributed by atoms with Gasteiger partial charge in [0.25, 0.3) is 5.91 Å². The first kappa shape index (κ1) is 16.6. The van der Waals surface area contributed by atoms with Gasteiger partial charge in [0.1, 0.15) is 5.76 Å². The number of carbonyl (C=O) groups is 2. The SMILES string of the molecule is C=CC(=O)N1CCN(C(=O)c2cc(C)oc2C(F)(F)F)C2(CC2)C1. The van der Waals surface area contributed by atoms with Gasteiger partial charge in [-0.1, -0.05) is 6.58 Å². The summed E-state index contributed by atoms with van der Waals surface area (Å²) in [5.74, 6) is -2.15. The zero-order valence-corrected chi connectivity index (χ0v) is 13.2. The Morgan fingerprint density at radius 3 is 2.54 bits per heavy atom. The Morgan fingerprint density at radius 1 is 1.33 bits per heavy atom. The molecule has 0 bridgehead atoms. The Morgan fingerprint density at radius 2 is 2.00 bits per heavy atom. The van der Waals surface area contributed by atoms with E-state index >= 15 is 0 Å². The smallest absolute Gasteiger partial charge is 0.450 e. The second-order valence-electron chi connectivity index (χ2n) is 6.24. The number of alkyl halides is 3. The molecule has 3 rings (SSSR count). The van der Waals surface area contributed by atoms with Crippen LogP contribution in [0.1, 0.15) is 34.7 Å². The second kappa shape index (κ2) is 5.39. The molecule has 1 aromatic rings. The number of piperazine rings is 1. The number of amides is 2. The van der Waals surface area contributed by atoms with Crippen LogP contribution in [0, 0.1) is 6.92 Å². The summed E-state index contributed by atoms with van der Waals surface area (Å²) in [6.45, 7) is 5.60. The highest BCUT2D eigenvalue weighted by atomic mass is 19.4. The average Bonchev–Trinajstić information content (AvgIpc) is 3.14. The van der Waals surface area contributed by atoms with Gasteiger partial charge in [-0.05, 0) is 31.9 Å². The van der Waals surface area contributed by atoms with Crippen LogP contribution in [-0.4, -0.2) is 46.8 Å². The number of nitrogens with zero attached hydrogens (tertiary/aromatic N) is 2. The fraction of sp³-hybridized carbons (Fsp3) is 0.500. The van der Waals surface area contributed by atoms with Crippen molar-refractivity contribution in [2.24, 2.45) is 0 Å². The normalized spacial score (nSPS) is 19.5. The van der Waals surface area contributed by atoms with Gasteiger partial charge in [0.2, 0.25) is 11.7 Å². The lowest BCUT2D eigenvalue weighted by atomic mass is 10.1. The van der Waals surface area contributed by atoms with Crippen LogP contribution in [0.4, 0.5) is 13.2 Å². The van der Waals surface area contributed by atoms with Crippen LogP contribution in [-0.2, 0) is 11.0 Å². The zero-order chi connectivity index (χ0) is 17.7. The molecule has 1 aromatic heterocycles. The van der Waals surface area contributed by atoms with E-state index in [4.69, 9.17) is 4.42 Å². The van der Waals surface area contributed by atoms with E-state index < -0.39 is 28.9 Å². The van der Waals surface area contributed by atoms with Gasteiger partial charge < -0.3 is 14.2 Å². The maximum absolute atomic E-state index is 13.1. The van der Waals surface area contributed by atoms with E-state index in [-0.39, 0.29) is 24.8 Å². The maximum Gasteiger partial charge on any atom is 0.450 e. The summed E-state index contributed by atoms with van der Waals surface area (Å²) < 4.78 is 44.0. The van der Waals surface area contributed by atoms with Crippen molar-refractivity contribution in [2.75, 3.05) is 19.6 Å². The van der Waals surface area contributed by atoms with Crippen molar-refractivity contribution in [3.8, 4) is 0 Å².